The Kier molecular flexibility index (Phi) is 4.09. The van der Waals surface area contributed by atoms with E-state index >= 15 is 0 Å². The number of rotatable bonds is 3. The first kappa shape index (κ1) is 15.6. The van der Waals surface area contributed by atoms with Gasteiger partial charge in [-0.25, -0.2) is 13.4 Å². The molecule has 2 aromatic rings. The zero-order chi connectivity index (χ0) is 15.9. The minimum Gasteiger partial charge on any atom is -0.360 e. The third-order valence-electron chi connectivity index (χ3n) is 4.01. The molecule has 8 heteroatoms. The summed E-state index contributed by atoms with van der Waals surface area (Å²) in [6.07, 6.45) is 1.60. The van der Waals surface area contributed by atoms with Crippen LogP contribution in [0.3, 0.4) is 0 Å². The molecule has 120 valence electrons. The fourth-order valence-electron chi connectivity index (χ4n) is 2.87. The number of hydrogen-bond donors (Lipinski definition) is 0. The molecule has 2 aromatic heterocycles. The number of hydrogen-bond acceptors (Lipinski definition) is 6. The third kappa shape index (κ3) is 2.70. The lowest BCUT2D eigenvalue weighted by molar-refractivity contribution is 0.318. The van der Waals surface area contributed by atoms with Crippen LogP contribution in [0, 0.1) is 20.8 Å². The lowest BCUT2D eigenvalue weighted by Gasteiger charge is -2.30. The summed E-state index contributed by atoms with van der Waals surface area (Å²) >= 11 is 1.66. The number of thiazole rings is 1. The first-order valence-electron chi connectivity index (χ1n) is 7.24. The number of piperidine rings is 1. The summed E-state index contributed by atoms with van der Waals surface area (Å²) in [5, 5.41) is 6.91. The molecule has 3 rings (SSSR count). The maximum absolute atomic E-state index is 12.8. The van der Waals surface area contributed by atoms with E-state index in [1.165, 1.54) is 4.31 Å². The van der Waals surface area contributed by atoms with Crippen molar-refractivity contribution in [2.24, 2.45) is 0 Å². The normalized spacial score (nSPS) is 18.0. The Balaban J connectivity index is 1.76. The van der Waals surface area contributed by atoms with E-state index in [4.69, 9.17) is 4.52 Å². The van der Waals surface area contributed by atoms with Crippen LogP contribution in [0.4, 0.5) is 0 Å². The quantitative estimate of drug-likeness (QED) is 0.858. The molecule has 0 amide bonds. The van der Waals surface area contributed by atoms with Crippen LogP contribution in [0.15, 0.2) is 14.8 Å². The van der Waals surface area contributed by atoms with E-state index in [0.717, 1.165) is 23.5 Å². The molecule has 1 aliphatic rings. The van der Waals surface area contributed by atoms with Crippen molar-refractivity contribution >= 4 is 21.4 Å². The van der Waals surface area contributed by atoms with Crippen LogP contribution in [-0.2, 0) is 10.0 Å². The van der Waals surface area contributed by atoms with Crippen molar-refractivity contribution in [3.63, 3.8) is 0 Å². The molecule has 6 nitrogen and oxygen atoms in total. The van der Waals surface area contributed by atoms with Gasteiger partial charge in [-0.3, -0.25) is 0 Å². The van der Waals surface area contributed by atoms with E-state index in [9.17, 15) is 8.42 Å². The van der Waals surface area contributed by atoms with Crippen molar-refractivity contribution in [2.75, 3.05) is 13.1 Å². The number of aryl methyl sites for hydroxylation is 3. The van der Waals surface area contributed by atoms with Gasteiger partial charge in [0.25, 0.3) is 0 Å². The van der Waals surface area contributed by atoms with Crippen LogP contribution in [0.2, 0.25) is 0 Å². The Morgan fingerprint density at radius 3 is 2.45 bits per heavy atom. The Bertz CT molecular complexity index is 752. The molecule has 0 atom stereocenters. The molecule has 0 radical (unpaired) electrons. The summed E-state index contributed by atoms with van der Waals surface area (Å²) in [5.41, 5.74) is 1.46. The lowest BCUT2D eigenvalue weighted by atomic mass is 9.99. The van der Waals surface area contributed by atoms with Crippen LogP contribution in [0.5, 0.6) is 0 Å². The average molecular weight is 341 g/mol. The van der Waals surface area contributed by atoms with E-state index in [0.29, 0.717) is 30.5 Å². The highest BCUT2D eigenvalue weighted by atomic mass is 32.2. The topological polar surface area (TPSA) is 76.3 Å². The molecule has 0 aromatic carbocycles. The van der Waals surface area contributed by atoms with Gasteiger partial charge in [0.05, 0.1) is 5.01 Å². The predicted molar refractivity (Wildman–Crippen MR) is 83.6 cm³/mol. The van der Waals surface area contributed by atoms with Crippen LogP contribution in [0.1, 0.15) is 40.9 Å². The lowest BCUT2D eigenvalue weighted by Crippen LogP contribution is -2.38. The standard InChI is InChI=1S/C14H19N3O3S2/c1-9-8-21-14(15-9)12-4-6-17(7-5-12)22(18,19)13-10(2)16-20-11(13)3/h8,12H,4-7H2,1-3H3. The zero-order valence-corrected chi connectivity index (χ0v) is 14.5. The van der Waals surface area contributed by atoms with E-state index in [1.54, 1.807) is 25.2 Å². The molecule has 0 aliphatic carbocycles. The number of nitrogens with zero attached hydrogens (tertiary/aromatic N) is 3. The van der Waals surface area contributed by atoms with Crippen LogP contribution in [0.25, 0.3) is 0 Å². The molecule has 1 saturated heterocycles. The van der Waals surface area contributed by atoms with Crippen LogP contribution < -0.4 is 0 Å². The highest BCUT2D eigenvalue weighted by Gasteiger charge is 2.34. The first-order chi connectivity index (χ1) is 10.4. The maximum Gasteiger partial charge on any atom is 0.248 e. The molecule has 1 fully saturated rings. The third-order valence-corrected chi connectivity index (χ3v) is 7.27. The van der Waals surface area contributed by atoms with Crippen LogP contribution >= 0.6 is 11.3 Å². The van der Waals surface area contributed by atoms with Gasteiger partial charge in [-0.2, -0.15) is 4.31 Å². The van der Waals surface area contributed by atoms with Gasteiger partial charge in [-0.15, -0.1) is 11.3 Å². The Morgan fingerprint density at radius 2 is 1.95 bits per heavy atom. The molecule has 0 unspecified atom stereocenters. The van der Waals surface area contributed by atoms with Crippen molar-refractivity contribution in [1.29, 1.82) is 0 Å². The highest BCUT2D eigenvalue weighted by molar-refractivity contribution is 7.89. The Hall–Kier alpha value is -1.25. The maximum atomic E-state index is 12.8. The monoisotopic (exact) mass is 341 g/mol. The van der Waals surface area contributed by atoms with Gasteiger partial charge in [0.2, 0.25) is 10.0 Å². The summed E-state index contributed by atoms with van der Waals surface area (Å²) in [6.45, 7) is 6.30. The largest absolute Gasteiger partial charge is 0.360 e. The molecule has 0 N–H and O–H groups in total. The Labute approximate surface area is 134 Å². The van der Waals surface area contributed by atoms with E-state index in [2.05, 4.69) is 10.1 Å². The summed E-state index contributed by atoms with van der Waals surface area (Å²) < 4.78 is 32.0. The van der Waals surface area contributed by atoms with E-state index in [1.807, 2.05) is 12.3 Å². The highest BCUT2D eigenvalue weighted by Crippen LogP contribution is 2.33. The summed E-state index contributed by atoms with van der Waals surface area (Å²) in [6, 6.07) is 0. The van der Waals surface area contributed by atoms with Gasteiger partial charge >= 0.3 is 0 Å². The Morgan fingerprint density at radius 1 is 1.27 bits per heavy atom. The van der Waals surface area contributed by atoms with Gasteiger partial charge in [0, 0.05) is 30.1 Å². The van der Waals surface area contributed by atoms with Crippen molar-refractivity contribution in [2.45, 2.75) is 44.4 Å². The molecule has 22 heavy (non-hydrogen) atoms. The second kappa shape index (κ2) is 5.75. The molecular weight excluding hydrogens is 322 g/mol. The van der Waals surface area contributed by atoms with Gasteiger partial charge in [0.15, 0.2) is 5.76 Å². The predicted octanol–water partition coefficient (Wildman–Crippen LogP) is 2.62. The fraction of sp³-hybridized carbons (Fsp3) is 0.571. The van der Waals surface area contributed by atoms with Crippen LogP contribution in [-0.4, -0.2) is 36.0 Å². The fourth-order valence-corrected chi connectivity index (χ4v) is 5.60. The molecule has 0 bridgehead atoms. The smallest absolute Gasteiger partial charge is 0.248 e. The van der Waals surface area contributed by atoms with Crippen molar-refractivity contribution in [1.82, 2.24) is 14.4 Å². The van der Waals surface area contributed by atoms with E-state index in [-0.39, 0.29) is 4.90 Å². The molecule has 3 heterocycles. The second-order valence-corrected chi connectivity index (χ2v) is 8.42. The average Bonchev–Trinajstić information content (AvgIpc) is 3.05. The number of sulfonamides is 1. The SMILES string of the molecule is Cc1csc(C2CCN(S(=O)(=O)c3c(C)noc3C)CC2)n1. The van der Waals surface area contributed by atoms with Gasteiger partial charge in [-0.1, -0.05) is 5.16 Å². The molecular formula is C14H19N3O3S2. The zero-order valence-electron chi connectivity index (χ0n) is 12.9. The summed E-state index contributed by atoms with van der Waals surface area (Å²) in [5.74, 6) is 0.713. The van der Waals surface area contributed by atoms with Gasteiger partial charge in [-0.05, 0) is 33.6 Å². The molecule has 0 spiro atoms. The van der Waals surface area contributed by atoms with Crippen molar-refractivity contribution in [3.05, 3.63) is 27.5 Å². The van der Waals surface area contributed by atoms with Crippen molar-refractivity contribution in [3.8, 4) is 0 Å². The first-order valence-corrected chi connectivity index (χ1v) is 9.56. The minimum atomic E-state index is -3.52. The second-order valence-electron chi connectivity index (χ2n) is 5.66. The van der Waals surface area contributed by atoms with E-state index < -0.39 is 10.0 Å². The molecule has 0 saturated carbocycles. The molecule has 1 aliphatic heterocycles. The minimum absolute atomic E-state index is 0.219. The van der Waals surface area contributed by atoms with Gasteiger partial charge in [0.1, 0.15) is 10.6 Å². The summed E-state index contributed by atoms with van der Waals surface area (Å²) in [4.78, 5) is 4.74. The van der Waals surface area contributed by atoms with Crippen molar-refractivity contribution < 1.29 is 12.9 Å². The van der Waals surface area contributed by atoms with Gasteiger partial charge < -0.3 is 4.52 Å². The number of aromatic nitrogens is 2. The summed E-state index contributed by atoms with van der Waals surface area (Å²) in [7, 11) is -3.52.